The number of amides is 1. The molecule has 0 saturated heterocycles. The zero-order valence-corrected chi connectivity index (χ0v) is 14.4. The molecule has 0 saturated carbocycles. The summed E-state index contributed by atoms with van der Waals surface area (Å²) in [7, 11) is 0. The summed E-state index contributed by atoms with van der Waals surface area (Å²) in [4.78, 5) is 22.0. The highest BCUT2D eigenvalue weighted by atomic mass is 32.1. The van der Waals surface area contributed by atoms with E-state index >= 15 is 0 Å². The minimum Gasteiger partial charge on any atom is -0.382 e. The van der Waals surface area contributed by atoms with E-state index in [-0.39, 0.29) is 18.1 Å². The zero-order valence-electron chi connectivity index (χ0n) is 13.6. The molecule has 1 aromatic heterocycles. The summed E-state index contributed by atoms with van der Waals surface area (Å²) >= 11 is 1.35. The van der Waals surface area contributed by atoms with Crippen LogP contribution in [0.4, 0.5) is 9.52 Å². The number of nitrogens with zero attached hydrogens (tertiary/aromatic N) is 2. The van der Waals surface area contributed by atoms with Crippen LogP contribution in [0.5, 0.6) is 0 Å². The van der Waals surface area contributed by atoms with E-state index in [1.165, 1.54) is 23.5 Å². The summed E-state index contributed by atoms with van der Waals surface area (Å²) in [6, 6.07) is 15.8. The fourth-order valence-corrected chi connectivity index (χ4v) is 3.34. The molecule has 0 spiro atoms. The van der Waals surface area contributed by atoms with E-state index in [1.807, 2.05) is 35.7 Å². The Labute approximate surface area is 153 Å². The second kappa shape index (κ2) is 7.05. The SMILES string of the molecule is O=C(Nc1nc(-c2ccccc2)cs1)[C@H]1CC(c2cccc(F)c2)=NO1. The van der Waals surface area contributed by atoms with E-state index in [0.717, 1.165) is 11.3 Å². The van der Waals surface area contributed by atoms with Crippen LogP contribution in [0.25, 0.3) is 11.3 Å². The molecule has 0 unspecified atom stereocenters. The number of carbonyl (C=O) groups excluding carboxylic acids is 1. The van der Waals surface area contributed by atoms with Crippen LogP contribution in [-0.4, -0.2) is 22.7 Å². The summed E-state index contributed by atoms with van der Waals surface area (Å²) in [6.45, 7) is 0. The van der Waals surface area contributed by atoms with Gasteiger partial charge in [0.2, 0.25) is 6.10 Å². The third-order valence-corrected chi connectivity index (χ3v) is 4.68. The number of oxime groups is 1. The summed E-state index contributed by atoms with van der Waals surface area (Å²) in [5.41, 5.74) is 2.95. The minimum absolute atomic E-state index is 0.284. The number of hydrogen-bond acceptors (Lipinski definition) is 5. The zero-order chi connectivity index (χ0) is 17.9. The number of halogens is 1. The Kier molecular flexibility index (Phi) is 4.45. The number of anilines is 1. The number of rotatable bonds is 4. The molecule has 1 aliphatic rings. The summed E-state index contributed by atoms with van der Waals surface area (Å²) in [5.74, 6) is -0.677. The van der Waals surface area contributed by atoms with Gasteiger partial charge in [0.05, 0.1) is 11.4 Å². The minimum atomic E-state index is -0.752. The van der Waals surface area contributed by atoms with Gasteiger partial charge in [-0.1, -0.05) is 47.6 Å². The van der Waals surface area contributed by atoms with Crippen molar-refractivity contribution in [1.82, 2.24) is 4.98 Å². The number of nitrogens with one attached hydrogen (secondary N) is 1. The van der Waals surface area contributed by atoms with Gasteiger partial charge >= 0.3 is 0 Å². The lowest BCUT2D eigenvalue weighted by Gasteiger charge is -2.07. The molecule has 2 heterocycles. The van der Waals surface area contributed by atoms with Crippen LogP contribution >= 0.6 is 11.3 Å². The van der Waals surface area contributed by atoms with Crippen molar-refractivity contribution in [1.29, 1.82) is 0 Å². The van der Waals surface area contributed by atoms with Crippen molar-refractivity contribution < 1.29 is 14.0 Å². The molecule has 7 heteroatoms. The van der Waals surface area contributed by atoms with Gasteiger partial charge in [0.1, 0.15) is 5.82 Å². The van der Waals surface area contributed by atoms with E-state index in [9.17, 15) is 9.18 Å². The molecular weight excluding hydrogens is 353 g/mol. The van der Waals surface area contributed by atoms with Crippen LogP contribution in [0.15, 0.2) is 65.1 Å². The number of thiazole rings is 1. The number of benzene rings is 2. The summed E-state index contributed by atoms with van der Waals surface area (Å²) < 4.78 is 13.3. The van der Waals surface area contributed by atoms with E-state index < -0.39 is 6.10 Å². The first-order chi connectivity index (χ1) is 12.7. The molecule has 3 aromatic rings. The smallest absolute Gasteiger partial charge is 0.270 e. The standard InChI is InChI=1S/C19H14FN3O2S/c20-14-8-4-7-13(9-14)15-10-17(25-23-15)18(24)22-19-21-16(11-26-19)12-5-2-1-3-6-12/h1-9,11,17H,10H2,(H,21,22,24)/t17-/m1/s1. The third-order valence-electron chi connectivity index (χ3n) is 3.92. The van der Waals surface area contributed by atoms with Crippen LogP contribution in [0.3, 0.4) is 0 Å². The fraction of sp³-hybridized carbons (Fsp3) is 0.105. The van der Waals surface area contributed by atoms with Crippen molar-refractivity contribution in [2.75, 3.05) is 5.32 Å². The Morgan fingerprint density at radius 3 is 2.77 bits per heavy atom. The highest BCUT2D eigenvalue weighted by Gasteiger charge is 2.29. The molecule has 1 atom stereocenters. The van der Waals surface area contributed by atoms with Crippen molar-refractivity contribution in [3.8, 4) is 11.3 Å². The predicted molar refractivity (Wildman–Crippen MR) is 98.6 cm³/mol. The van der Waals surface area contributed by atoms with Crippen LogP contribution in [-0.2, 0) is 9.63 Å². The molecule has 1 amide bonds. The summed E-state index contributed by atoms with van der Waals surface area (Å²) in [5, 5.41) is 9.05. The highest BCUT2D eigenvalue weighted by Crippen LogP contribution is 2.25. The normalized spacial score (nSPS) is 16.0. The molecule has 26 heavy (non-hydrogen) atoms. The Bertz CT molecular complexity index is 972. The van der Waals surface area contributed by atoms with Gasteiger partial charge in [-0.15, -0.1) is 11.3 Å². The lowest BCUT2D eigenvalue weighted by atomic mass is 10.0. The van der Waals surface area contributed by atoms with Gasteiger partial charge in [-0.3, -0.25) is 10.1 Å². The van der Waals surface area contributed by atoms with Gasteiger partial charge in [0.25, 0.3) is 5.91 Å². The van der Waals surface area contributed by atoms with Gasteiger partial charge in [-0.2, -0.15) is 0 Å². The van der Waals surface area contributed by atoms with Crippen LogP contribution in [0, 0.1) is 5.82 Å². The van der Waals surface area contributed by atoms with Crippen molar-refractivity contribution >= 4 is 28.1 Å². The first-order valence-electron chi connectivity index (χ1n) is 7.99. The monoisotopic (exact) mass is 367 g/mol. The molecule has 1 aliphatic heterocycles. The number of aromatic nitrogens is 1. The van der Waals surface area contributed by atoms with Gasteiger partial charge in [0, 0.05) is 22.9 Å². The van der Waals surface area contributed by atoms with E-state index in [1.54, 1.807) is 12.1 Å². The average molecular weight is 367 g/mol. The number of hydrogen-bond donors (Lipinski definition) is 1. The first kappa shape index (κ1) is 16.4. The van der Waals surface area contributed by atoms with Crippen molar-refractivity contribution in [2.45, 2.75) is 12.5 Å². The second-order valence-electron chi connectivity index (χ2n) is 5.74. The van der Waals surface area contributed by atoms with Crippen molar-refractivity contribution in [3.63, 3.8) is 0 Å². The first-order valence-corrected chi connectivity index (χ1v) is 8.87. The molecule has 0 fully saturated rings. The molecular formula is C19H14FN3O2S. The maximum atomic E-state index is 13.3. The van der Waals surface area contributed by atoms with E-state index in [2.05, 4.69) is 15.5 Å². The van der Waals surface area contributed by atoms with E-state index in [4.69, 9.17) is 4.84 Å². The van der Waals surface area contributed by atoms with Gasteiger partial charge in [-0.05, 0) is 12.1 Å². The Morgan fingerprint density at radius 2 is 1.96 bits per heavy atom. The fourth-order valence-electron chi connectivity index (χ4n) is 2.62. The average Bonchev–Trinajstić information content (AvgIpc) is 3.32. The maximum absolute atomic E-state index is 13.3. The lowest BCUT2D eigenvalue weighted by Crippen LogP contribution is -2.28. The molecule has 1 N–H and O–H groups in total. The largest absolute Gasteiger partial charge is 0.382 e. The molecule has 0 aliphatic carbocycles. The van der Waals surface area contributed by atoms with Crippen LogP contribution < -0.4 is 5.32 Å². The molecule has 0 radical (unpaired) electrons. The Balaban J connectivity index is 1.40. The van der Waals surface area contributed by atoms with Crippen molar-refractivity contribution in [3.05, 3.63) is 71.4 Å². The predicted octanol–water partition coefficient (Wildman–Crippen LogP) is 4.08. The molecule has 0 bridgehead atoms. The Morgan fingerprint density at radius 1 is 1.15 bits per heavy atom. The third kappa shape index (κ3) is 3.48. The van der Waals surface area contributed by atoms with Crippen LogP contribution in [0.1, 0.15) is 12.0 Å². The second-order valence-corrected chi connectivity index (χ2v) is 6.60. The Hall–Kier alpha value is -3.06. The summed E-state index contributed by atoms with van der Waals surface area (Å²) in [6.07, 6.45) is -0.469. The van der Waals surface area contributed by atoms with Crippen LogP contribution in [0.2, 0.25) is 0 Å². The molecule has 130 valence electrons. The quantitative estimate of drug-likeness (QED) is 0.756. The van der Waals surface area contributed by atoms with Gasteiger partial charge < -0.3 is 4.84 Å². The number of carbonyl (C=O) groups is 1. The topological polar surface area (TPSA) is 63.6 Å². The molecule has 2 aromatic carbocycles. The van der Waals surface area contributed by atoms with Gasteiger partial charge in [-0.25, -0.2) is 9.37 Å². The molecule has 5 nitrogen and oxygen atoms in total. The maximum Gasteiger partial charge on any atom is 0.270 e. The van der Waals surface area contributed by atoms with E-state index in [0.29, 0.717) is 16.4 Å². The molecule has 4 rings (SSSR count). The van der Waals surface area contributed by atoms with Crippen molar-refractivity contribution in [2.24, 2.45) is 5.16 Å². The lowest BCUT2D eigenvalue weighted by molar-refractivity contribution is -0.125. The highest BCUT2D eigenvalue weighted by molar-refractivity contribution is 7.14. The van der Waals surface area contributed by atoms with Gasteiger partial charge in [0.15, 0.2) is 5.13 Å².